The first-order valence-corrected chi connectivity index (χ1v) is 9.04. The summed E-state index contributed by atoms with van der Waals surface area (Å²) >= 11 is 0. The van der Waals surface area contributed by atoms with Gasteiger partial charge in [0.1, 0.15) is 18.9 Å². The summed E-state index contributed by atoms with van der Waals surface area (Å²) in [5.41, 5.74) is 1.36. The van der Waals surface area contributed by atoms with E-state index in [9.17, 15) is 13.2 Å². The molecule has 0 spiro atoms. The Bertz CT molecular complexity index is 642. The molecule has 0 radical (unpaired) electrons. The first-order chi connectivity index (χ1) is 10.7. The van der Waals surface area contributed by atoms with Crippen LogP contribution in [0.1, 0.15) is 19.4 Å². The maximum atomic E-state index is 12.3. The molecule has 1 rings (SSSR count). The van der Waals surface area contributed by atoms with Crippen molar-refractivity contribution in [2.75, 3.05) is 19.9 Å². The van der Waals surface area contributed by atoms with Crippen molar-refractivity contribution in [2.24, 2.45) is 11.1 Å². The monoisotopic (exact) mass is 341 g/mol. The van der Waals surface area contributed by atoms with Gasteiger partial charge in [-0.3, -0.25) is 4.79 Å². The van der Waals surface area contributed by atoms with E-state index >= 15 is 0 Å². The van der Waals surface area contributed by atoms with Crippen LogP contribution >= 0.6 is 0 Å². The first kappa shape index (κ1) is 19.1. The lowest BCUT2D eigenvalue weighted by Crippen LogP contribution is -2.50. The van der Waals surface area contributed by atoms with E-state index in [1.165, 1.54) is 7.11 Å². The number of sulfonamides is 1. The van der Waals surface area contributed by atoms with Crippen LogP contribution in [0.25, 0.3) is 0 Å². The highest BCUT2D eigenvalue weighted by Crippen LogP contribution is 2.05. The van der Waals surface area contributed by atoms with Crippen LogP contribution in [0.5, 0.6) is 0 Å². The van der Waals surface area contributed by atoms with Gasteiger partial charge in [0.25, 0.3) is 0 Å². The van der Waals surface area contributed by atoms with Crippen LogP contribution in [-0.2, 0) is 19.7 Å². The summed E-state index contributed by atoms with van der Waals surface area (Å²) in [6.07, 6.45) is 1.03. The number of amides is 1. The summed E-state index contributed by atoms with van der Waals surface area (Å²) < 4.78 is 25.1. The molecule has 0 fully saturated rings. The van der Waals surface area contributed by atoms with Gasteiger partial charge in [-0.15, -0.1) is 0 Å². The van der Waals surface area contributed by atoms with Crippen LogP contribution in [0.4, 0.5) is 0 Å². The van der Waals surface area contributed by atoms with Crippen LogP contribution < -0.4 is 10.0 Å². The number of nitrogens with one attached hydrogen (secondary N) is 2. The Morgan fingerprint density at radius 2 is 1.87 bits per heavy atom. The summed E-state index contributed by atoms with van der Waals surface area (Å²) in [6.45, 7) is 3.67. The fraction of sp³-hybridized carbons (Fsp3) is 0.467. The van der Waals surface area contributed by atoms with E-state index in [2.05, 4.69) is 15.2 Å². The molecule has 1 atom stereocenters. The Kier molecular flexibility index (Phi) is 7.18. The Morgan fingerprint density at radius 1 is 1.26 bits per heavy atom. The zero-order chi connectivity index (χ0) is 17.5. The average Bonchev–Trinajstić information content (AvgIpc) is 2.48. The van der Waals surface area contributed by atoms with Crippen LogP contribution in [-0.4, -0.2) is 46.0 Å². The summed E-state index contributed by atoms with van der Waals surface area (Å²) in [5, 5.41) is 6.60. The van der Waals surface area contributed by atoms with Gasteiger partial charge in [-0.05, 0) is 5.92 Å². The predicted molar refractivity (Wildman–Crippen MR) is 89.6 cm³/mol. The number of hydrogen-bond donors (Lipinski definition) is 2. The highest BCUT2D eigenvalue weighted by molar-refractivity contribution is 7.88. The number of benzene rings is 1. The Hall–Kier alpha value is -1.93. The van der Waals surface area contributed by atoms with Gasteiger partial charge in [0.15, 0.2) is 0 Å². The van der Waals surface area contributed by atoms with Crippen molar-refractivity contribution in [1.82, 2.24) is 10.0 Å². The van der Waals surface area contributed by atoms with Gasteiger partial charge in [-0.25, -0.2) is 13.1 Å². The van der Waals surface area contributed by atoms with E-state index in [1.807, 2.05) is 30.3 Å². The molecule has 0 aliphatic rings. The third-order valence-corrected chi connectivity index (χ3v) is 3.71. The average molecular weight is 341 g/mol. The lowest BCUT2D eigenvalue weighted by atomic mass is 10.0. The lowest BCUT2D eigenvalue weighted by Gasteiger charge is -2.20. The Morgan fingerprint density at radius 3 is 2.35 bits per heavy atom. The molecule has 0 aliphatic heterocycles. The second-order valence-corrected chi connectivity index (χ2v) is 7.20. The molecule has 0 saturated heterocycles. The molecule has 0 heterocycles. The van der Waals surface area contributed by atoms with E-state index in [1.54, 1.807) is 13.8 Å². The van der Waals surface area contributed by atoms with E-state index in [0.717, 1.165) is 11.8 Å². The van der Waals surface area contributed by atoms with Crippen molar-refractivity contribution in [2.45, 2.75) is 19.9 Å². The zero-order valence-electron chi connectivity index (χ0n) is 13.7. The maximum absolute atomic E-state index is 12.3. The van der Waals surface area contributed by atoms with Gasteiger partial charge in [0.2, 0.25) is 15.9 Å². The van der Waals surface area contributed by atoms with Crippen LogP contribution in [0.15, 0.2) is 35.5 Å². The lowest BCUT2D eigenvalue weighted by molar-refractivity contribution is -0.123. The van der Waals surface area contributed by atoms with E-state index in [-0.39, 0.29) is 12.5 Å². The fourth-order valence-corrected chi connectivity index (χ4v) is 2.77. The Balaban J connectivity index is 2.80. The molecule has 7 nitrogen and oxygen atoms in total. The minimum Gasteiger partial charge on any atom is -0.399 e. The molecule has 128 valence electrons. The number of nitrogens with zero attached hydrogens (tertiary/aromatic N) is 1. The van der Waals surface area contributed by atoms with Gasteiger partial charge < -0.3 is 10.2 Å². The second-order valence-electron chi connectivity index (χ2n) is 5.42. The molecule has 23 heavy (non-hydrogen) atoms. The van der Waals surface area contributed by atoms with Gasteiger partial charge in [0.05, 0.1) is 12.8 Å². The molecule has 1 unspecified atom stereocenters. The zero-order valence-corrected chi connectivity index (χ0v) is 14.6. The van der Waals surface area contributed by atoms with Crippen molar-refractivity contribution in [1.29, 1.82) is 0 Å². The van der Waals surface area contributed by atoms with Crippen LogP contribution in [0.2, 0.25) is 0 Å². The number of carbonyl (C=O) groups is 1. The quantitative estimate of drug-likeness (QED) is 0.538. The number of carbonyl (C=O) groups excluding carboxylic acids is 1. The summed E-state index contributed by atoms with van der Waals surface area (Å²) in [4.78, 5) is 17.1. The van der Waals surface area contributed by atoms with Gasteiger partial charge in [0, 0.05) is 5.56 Å². The smallest absolute Gasteiger partial charge is 0.238 e. The standard InChI is InChI=1S/C15H23N3O4S/c1-11(2)14(18-23(4,20)21)15(19)16-10-13(17-22-3)12-8-6-5-7-9-12/h5-9,11,14,18H,10H2,1-4H3,(H,16,19). The van der Waals surface area contributed by atoms with Crippen LogP contribution in [0, 0.1) is 5.92 Å². The van der Waals surface area contributed by atoms with Crippen LogP contribution in [0.3, 0.4) is 0 Å². The largest absolute Gasteiger partial charge is 0.399 e. The molecule has 0 aliphatic carbocycles. The van der Waals surface area contributed by atoms with E-state index in [0.29, 0.717) is 5.71 Å². The molecule has 0 aromatic heterocycles. The molecule has 1 amide bonds. The molecule has 0 bridgehead atoms. The fourth-order valence-electron chi connectivity index (χ4n) is 1.93. The minimum absolute atomic E-state index is 0.130. The summed E-state index contributed by atoms with van der Waals surface area (Å²) in [6, 6.07) is 8.42. The second kappa shape index (κ2) is 8.64. The van der Waals surface area contributed by atoms with Gasteiger partial charge in [-0.1, -0.05) is 49.3 Å². The number of rotatable bonds is 8. The highest BCUT2D eigenvalue weighted by Gasteiger charge is 2.25. The van der Waals surface area contributed by atoms with Crippen molar-refractivity contribution < 1.29 is 18.0 Å². The van der Waals surface area contributed by atoms with E-state index in [4.69, 9.17) is 4.84 Å². The summed E-state index contributed by atoms with van der Waals surface area (Å²) in [5.74, 6) is -0.602. The van der Waals surface area contributed by atoms with Crippen molar-refractivity contribution in [3.8, 4) is 0 Å². The topological polar surface area (TPSA) is 96.9 Å². The first-order valence-electron chi connectivity index (χ1n) is 7.15. The molecule has 1 aromatic rings. The normalized spacial score (nSPS) is 13.7. The molecule has 8 heteroatoms. The molecule has 0 saturated carbocycles. The van der Waals surface area contributed by atoms with Crippen molar-refractivity contribution in [3.63, 3.8) is 0 Å². The SMILES string of the molecule is CON=C(CNC(=O)C(NS(C)(=O)=O)C(C)C)c1ccccc1. The summed E-state index contributed by atoms with van der Waals surface area (Å²) in [7, 11) is -2.06. The van der Waals surface area contributed by atoms with Gasteiger partial charge >= 0.3 is 0 Å². The maximum Gasteiger partial charge on any atom is 0.238 e. The predicted octanol–water partition coefficient (Wildman–Crippen LogP) is 0.727. The minimum atomic E-state index is -3.48. The molecular formula is C15H23N3O4S. The molecule has 1 aromatic carbocycles. The highest BCUT2D eigenvalue weighted by atomic mass is 32.2. The van der Waals surface area contributed by atoms with Crippen molar-refractivity contribution >= 4 is 21.6 Å². The molecule has 2 N–H and O–H groups in total. The molecular weight excluding hydrogens is 318 g/mol. The van der Waals surface area contributed by atoms with Crippen molar-refractivity contribution in [3.05, 3.63) is 35.9 Å². The third-order valence-electron chi connectivity index (χ3n) is 3.03. The Labute approximate surface area is 137 Å². The van der Waals surface area contributed by atoms with E-state index < -0.39 is 22.0 Å². The van der Waals surface area contributed by atoms with Gasteiger partial charge in [-0.2, -0.15) is 0 Å². The number of oxime groups is 1. The third kappa shape index (κ3) is 6.79. The number of hydrogen-bond acceptors (Lipinski definition) is 5.